The predicted molar refractivity (Wildman–Crippen MR) is 91.8 cm³/mol. The summed E-state index contributed by atoms with van der Waals surface area (Å²) in [6.07, 6.45) is 1.47. The highest BCUT2D eigenvalue weighted by Crippen LogP contribution is 2.26. The average Bonchev–Trinajstić information content (AvgIpc) is 3.02. The van der Waals surface area contributed by atoms with Crippen LogP contribution in [0.4, 0.5) is 4.39 Å². The number of hydrogen-bond donors (Lipinski definition) is 2. The Kier molecular flexibility index (Phi) is 3.87. The second-order valence-electron chi connectivity index (χ2n) is 6.17. The molecule has 2 aromatic heterocycles. The Morgan fingerprint density at radius 3 is 2.85 bits per heavy atom. The number of aryl methyl sites for hydroxylation is 1. The van der Waals surface area contributed by atoms with Crippen LogP contribution in [-0.2, 0) is 4.79 Å². The summed E-state index contributed by atoms with van der Waals surface area (Å²) in [7, 11) is 0. The maximum atomic E-state index is 13.2. The van der Waals surface area contributed by atoms with Crippen LogP contribution in [0, 0.1) is 12.7 Å². The number of carbonyl (C=O) groups is 2. The van der Waals surface area contributed by atoms with Crippen molar-refractivity contribution in [3.63, 3.8) is 0 Å². The van der Waals surface area contributed by atoms with Crippen molar-refractivity contribution < 1.29 is 14.0 Å². The molecule has 0 bridgehead atoms. The minimum atomic E-state index is -0.807. The van der Waals surface area contributed by atoms with Gasteiger partial charge in [-0.05, 0) is 30.7 Å². The molecule has 2 amide bonds. The van der Waals surface area contributed by atoms with E-state index in [1.807, 2.05) is 6.92 Å². The molecule has 7 nitrogen and oxygen atoms in total. The molecule has 0 radical (unpaired) electrons. The predicted octanol–water partition coefficient (Wildman–Crippen LogP) is 1.72. The van der Waals surface area contributed by atoms with Crippen LogP contribution in [0.5, 0.6) is 0 Å². The molecule has 0 spiro atoms. The fourth-order valence-electron chi connectivity index (χ4n) is 3.17. The van der Waals surface area contributed by atoms with E-state index in [-0.39, 0.29) is 11.8 Å². The number of aromatic nitrogens is 3. The first-order valence-electron chi connectivity index (χ1n) is 8.19. The van der Waals surface area contributed by atoms with Crippen LogP contribution in [0.1, 0.15) is 27.7 Å². The molecule has 0 saturated carbocycles. The quantitative estimate of drug-likeness (QED) is 0.734. The molecule has 3 heterocycles. The molecule has 1 saturated heterocycles. The first kappa shape index (κ1) is 16.2. The van der Waals surface area contributed by atoms with E-state index in [9.17, 15) is 14.0 Å². The number of benzene rings is 1. The van der Waals surface area contributed by atoms with Crippen molar-refractivity contribution in [3.05, 3.63) is 59.2 Å². The van der Waals surface area contributed by atoms with E-state index >= 15 is 0 Å². The number of carbonyl (C=O) groups excluding carboxylic acids is 2. The van der Waals surface area contributed by atoms with E-state index in [4.69, 9.17) is 0 Å². The third-order valence-electron chi connectivity index (χ3n) is 4.51. The van der Waals surface area contributed by atoms with Crippen molar-refractivity contribution in [2.45, 2.75) is 13.0 Å². The van der Waals surface area contributed by atoms with Gasteiger partial charge in [-0.1, -0.05) is 12.1 Å². The second-order valence-corrected chi connectivity index (χ2v) is 6.17. The number of aromatic amines is 1. The molecule has 1 atom stereocenters. The largest absolute Gasteiger partial charge is 0.352 e. The number of H-pyrrole nitrogens is 1. The van der Waals surface area contributed by atoms with Crippen molar-refractivity contribution in [1.82, 2.24) is 25.4 Å². The number of halogens is 1. The summed E-state index contributed by atoms with van der Waals surface area (Å²) in [5.74, 6) is -0.984. The van der Waals surface area contributed by atoms with Gasteiger partial charge in [-0.25, -0.2) is 9.37 Å². The molecule has 0 aliphatic carbocycles. The summed E-state index contributed by atoms with van der Waals surface area (Å²) in [4.78, 5) is 31.2. The monoisotopic (exact) mass is 353 g/mol. The SMILES string of the molecule is Cc1n[nH]c2ncc(C(=O)N3CCNC(=O)[C@H]3c3ccc(F)cc3)cc12. The third kappa shape index (κ3) is 2.69. The van der Waals surface area contributed by atoms with Crippen LogP contribution in [0.15, 0.2) is 36.5 Å². The zero-order valence-corrected chi connectivity index (χ0v) is 14.0. The molecule has 26 heavy (non-hydrogen) atoms. The molecule has 2 N–H and O–H groups in total. The number of piperazine rings is 1. The molecule has 132 valence electrons. The lowest BCUT2D eigenvalue weighted by Crippen LogP contribution is -2.52. The van der Waals surface area contributed by atoms with E-state index in [0.29, 0.717) is 29.9 Å². The molecule has 4 rings (SSSR count). The van der Waals surface area contributed by atoms with Gasteiger partial charge < -0.3 is 10.2 Å². The molecular formula is C18H16FN5O2. The van der Waals surface area contributed by atoms with Gasteiger partial charge in [0.2, 0.25) is 5.91 Å². The lowest BCUT2D eigenvalue weighted by atomic mass is 10.0. The summed E-state index contributed by atoms with van der Waals surface area (Å²) in [6.45, 7) is 2.54. The Morgan fingerprint density at radius 1 is 1.31 bits per heavy atom. The fraction of sp³-hybridized carbons (Fsp3) is 0.222. The van der Waals surface area contributed by atoms with Crippen LogP contribution >= 0.6 is 0 Å². The highest BCUT2D eigenvalue weighted by atomic mass is 19.1. The number of pyridine rings is 1. The molecule has 0 unspecified atom stereocenters. The molecule has 1 fully saturated rings. The van der Waals surface area contributed by atoms with Crippen molar-refractivity contribution in [3.8, 4) is 0 Å². The zero-order chi connectivity index (χ0) is 18.3. The van der Waals surface area contributed by atoms with E-state index in [0.717, 1.165) is 11.1 Å². The van der Waals surface area contributed by atoms with Crippen LogP contribution in [0.2, 0.25) is 0 Å². The first-order valence-corrected chi connectivity index (χ1v) is 8.19. The van der Waals surface area contributed by atoms with Crippen LogP contribution in [0.25, 0.3) is 11.0 Å². The van der Waals surface area contributed by atoms with Crippen molar-refractivity contribution >= 4 is 22.8 Å². The van der Waals surface area contributed by atoms with Gasteiger partial charge in [-0.2, -0.15) is 5.10 Å². The Bertz CT molecular complexity index is 998. The lowest BCUT2D eigenvalue weighted by molar-refractivity contribution is -0.128. The summed E-state index contributed by atoms with van der Waals surface area (Å²) < 4.78 is 13.2. The minimum Gasteiger partial charge on any atom is -0.352 e. The summed E-state index contributed by atoms with van der Waals surface area (Å²) in [5, 5.41) is 10.4. The van der Waals surface area contributed by atoms with Crippen molar-refractivity contribution in [2.24, 2.45) is 0 Å². The molecule has 1 aromatic carbocycles. The second kappa shape index (κ2) is 6.21. The zero-order valence-electron chi connectivity index (χ0n) is 14.0. The number of fused-ring (bicyclic) bond motifs is 1. The number of rotatable bonds is 2. The van der Waals surface area contributed by atoms with E-state index in [2.05, 4.69) is 20.5 Å². The topological polar surface area (TPSA) is 91.0 Å². The Labute approximate surface area is 148 Å². The van der Waals surface area contributed by atoms with Gasteiger partial charge in [0.25, 0.3) is 5.91 Å². The molecule has 1 aliphatic heterocycles. The summed E-state index contributed by atoms with van der Waals surface area (Å²) in [6, 6.07) is 6.51. The average molecular weight is 353 g/mol. The van der Waals surface area contributed by atoms with Crippen LogP contribution < -0.4 is 5.32 Å². The molecule has 1 aliphatic rings. The van der Waals surface area contributed by atoms with E-state index < -0.39 is 11.9 Å². The van der Waals surface area contributed by atoms with Gasteiger partial charge in [0, 0.05) is 24.7 Å². The molecular weight excluding hydrogens is 337 g/mol. The van der Waals surface area contributed by atoms with E-state index in [1.165, 1.54) is 35.4 Å². The number of amides is 2. The highest BCUT2D eigenvalue weighted by Gasteiger charge is 2.35. The highest BCUT2D eigenvalue weighted by molar-refractivity contribution is 6.00. The lowest BCUT2D eigenvalue weighted by Gasteiger charge is -2.35. The van der Waals surface area contributed by atoms with Gasteiger partial charge in [-0.15, -0.1) is 0 Å². The maximum absolute atomic E-state index is 13.2. The summed E-state index contributed by atoms with van der Waals surface area (Å²) in [5.41, 5.74) is 2.29. The molecule has 3 aromatic rings. The number of nitrogens with one attached hydrogen (secondary N) is 2. The van der Waals surface area contributed by atoms with Crippen LogP contribution in [-0.4, -0.2) is 45.0 Å². The molecule has 8 heteroatoms. The van der Waals surface area contributed by atoms with Gasteiger partial charge in [0.1, 0.15) is 11.9 Å². The Balaban J connectivity index is 1.72. The number of hydrogen-bond acceptors (Lipinski definition) is 4. The van der Waals surface area contributed by atoms with Gasteiger partial charge in [-0.3, -0.25) is 14.7 Å². The van der Waals surface area contributed by atoms with Crippen LogP contribution in [0.3, 0.4) is 0 Å². The van der Waals surface area contributed by atoms with Crippen molar-refractivity contribution in [1.29, 1.82) is 0 Å². The first-order chi connectivity index (χ1) is 12.5. The smallest absolute Gasteiger partial charge is 0.256 e. The normalized spacial score (nSPS) is 17.4. The summed E-state index contributed by atoms with van der Waals surface area (Å²) >= 11 is 0. The van der Waals surface area contributed by atoms with Gasteiger partial charge in [0.05, 0.1) is 11.3 Å². The third-order valence-corrected chi connectivity index (χ3v) is 4.51. The standard InChI is InChI=1S/C18H16FN5O2/c1-10-14-8-12(9-21-16(14)23-22-10)18(26)24-7-6-20-17(25)15(24)11-2-4-13(19)5-3-11/h2-5,8-9,15H,6-7H2,1H3,(H,20,25)(H,21,22,23)/t15-/m1/s1. The number of nitrogens with zero attached hydrogens (tertiary/aromatic N) is 3. The fourth-order valence-corrected chi connectivity index (χ4v) is 3.17. The maximum Gasteiger partial charge on any atom is 0.256 e. The van der Waals surface area contributed by atoms with Crippen molar-refractivity contribution in [2.75, 3.05) is 13.1 Å². The Hall–Kier alpha value is -3.29. The minimum absolute atomic E-state index is 0.287. The Morgan fingerprint density at radius 2 is 2.08 bits per heavy atom. The van der Waals surface area contributed by atoms with Gasteiger partial charge >= 0.3 is 0 Å². The van der Waals surface area contributed by atoms with Gasteiger partial charge in [0.15, 0.2) is 5.65 Å². The van der Waals surface area contributed by atoms with E-state index in [1.54, 1.807) is 6.07 Å².